The number of hydrogen-bond donors (Lipinski definition) is 2. The average molecular weight is 475 g/mol. The normalized spacial score (nSPS) is 10.5. The molecule has 0 aromatic heterocycles. The molecule has 0 spiro atoms. The van der Waals surface area contributed by atoms with E-state index in [1.807, 2.05) is 37.3 Å². The van der Waals surface area contributed by atoms with E-state index in [2.05, 4.69) is 21.9 Å². The highest BCUT2D eigenvalue weighted by atomic mass is 35.5. The highest BCUT2D eigenvalue weighted by Crippen LogP contribution is 2.20. The Kier molecular flexibility index (Phi) is 8.78. The van der Waals surface area contributed by atoms with Crippen LogP contribution >= 0.6 is 11.6 Å². The maximum atomic E-state index is 12.1. The predicted octanol–water partition coefficient (Wildman–Crippen LogP) is 4.97. The number of nitriles is 1. The number of para-hydroxylation sites is 1. The van der Waals surface area contributed by atoms with Crippen LogP contribution in [0.25, 0.3) is 0 Å². The van der Waals surface area contributed by atoms with Gasteiger partial charge in [-0.05, 0) is 42.8 Å². The second-order valence-corrected chi connectivity index (χ2v) is 7.81. The SMILES string of the molecule is Cc1ccc(NC(=O)CCC(=O)NN=Cc2ccccc2OCc2ccccc2C#N)cc1Cl. The first-order valence-corrected chi connectivity index (χ1v) is 10.9. The molecule has 0 bridgehead atoms. The van der Waals surface area contributed by atoms with Gasteiger partial charge < -0.3 is 10.1 Å². The van der Waals surface area contributed by atoms with E-state index in [1.54, 1.807) is 36.4 Å². The van der Waals surface area contributed by atoms with Gasteiger partial charge in [-0.2, -0.15) is 10.4 Å². The molecule has 3 rings (SSSR count). The molecule has 2 N–H and O–H groups in total. The van der Waals surface area contributed by atoms with Gasteiger partial charge in [0, 0.05) is 34.7 Å². The maximum Gasteiger partial charge on any atom is 0.240 e. The molecule has 7 nitrogen and oxygen atoms in total. The summed E-state index contributed by atoms with van der Waals surface area (Å²) in [5.74, 6) is -0.130. The summed E-state index contributed by atoms with van der Waals surface area (Å²) >= 11 is 6.06. The number of benzene rings is 3. The van der Waals surface area contributed by atoms with Gasteiger partial charge >= 0.3 is 0 Å². The van der Waals surface area contributed by atoms with Crippen molar-refractivity contribution in [2.45, 2.75) is 26.4 Å². The smallest absolute Gasteiger partial charge is 0.240 e. The molecular weight excluding hydrogens is 452 g/mol. The first-order valence-electron chi connectivity index (χ1n) is 10.5. The Labute approximate surface area is 203 Å². The standard InChI is InChI=1S/C26H23ClN4O3/c1-18-10-11-22(14-23(18)27)30-25(32)12-13-26(33)31-29-16-20-7-4-5-9-24(20)34-17-21-8-3-2-6-19(21)15-28/h2-11,14,16H,12-13,17H2,1H3,(H,30,32)(H,31,33). The Morgan fingerprint density at radius 2 is 1.79 bits per heavy atom. The van der Waals surface area contributed by atoms with E-state index in [1.165, 1.54) is 6.21 Å². The predicted molar refractivity (Wildman–Crippen MR) is 132 cm³/mol. The molecule has 0 saturated carbocycles. The number of halogens is 1. The van der Waals surface area contributed by atoms with E-state index >= 15 is 0 Å². The number of ether oxygens (including phenoxy) is 1. The Morgan fingerprint density at radius 1 is 1.06 bits per heavy atom. The second kappa shape index (κ2) is 12.2. The second-order valence-electron chi connectivity index (χ2n) is 7.40. The zero-order valence-corrected chi connectivity index (χ0v) is 19.3. The molecule has 0 atom stereocenters. The number of carbonyl (C=O) groups is 2. The Bertz CT molecular complexity index is 1250. The zero-order valence-electron chi connectivity index (χ0n) is 18.5. The highest BCUT2D eigenvalue weighted by Gasteiger charge is 2.08. The lowest BCUT2D eigenvalue weighted by atomic mass is 10.1. The molecule has 2 amide bonds. The van der Waals surface area contributed by atoms with Gasteiger partial charge in [0.05, 0.1) is 17.8 Å². The van der Waals surface area contributed by atoms with Gasteiger partial charge in [-0.15, -0.1) is 0 Å². The van der Waals surface area contributed by atoms with E-state index in [-0.39, 0.29) is 25.4 Å². The van der Waals surface area contributed by atoms with Gasteiger partial charge in [-0.1, -0.05) is 48.0 Å². The molecule has 0 heterocycles. The summed E-state index contributed by atoms with van der Waals surface area (Å²) in [6, 6.07) is 21.8. The summed E-state index contributed by atoms with van der Waals surface area (Å²) in [7, 11) is 0. The van der Waals surface area contributed by atoms with Crippen molar-refractivity contribution in [3.63, 3.8) is 0 Å². The lowest BCUT2D eigenvalue weighted by Crippen LogP contribution is -2.20. The van der Waals surface area contributed by atoms with Crippen molar-refractivity contribution in [2.75, 3.05) is 5.32 Å². The van der Waals surface area contributed by atoms with E-state index in [9.17, 15) is 14.9 Å². The van der Waals surface area contributed by atoms with Crippen LogP contribution in [0.15, 0.2) is 71.8 Å². The molecule has 0 aliphatic heterocycles. The molecule has 0 radical (unpaired) electrons. The number of hydrazone groups is 1. The summed E-state index contributed by atoms with van der Waals surface area (Å²) < 4.78 is 5.86. The molecule has 0 aliphatic carbocycles. The van der Waals surface area contributed by atoms with Crippen LogP contribution in [-0.2, 0) is 16.2 Å². The third-order valence-corrected chi connectivity index (χ3v) is 5.27. The first-order chi connectivity index (χ1) is 16.5. The van der Waals surface area contributed by atoms with Gasteiger partial charge in [0.1, 0.15) is 12.4 Å². The number of anilines is 1. The van der Waals surface area contributed by atoms with Crippen molar-refractivity contribution in [1.82, 2.24) is 5.43 Å². The monoisotopic (exact) mass is 474 g/mol. The van der Waals surface area contributed by atoms with Gasteiger partial charge in [0.25, 0.3) is 0 Å². The van der Waals surface area contributed by atoms with Crippen LogP contribution in [0.1, 0.15) is 35.1 Å². The fourth-order valence-electron chi connectivity index (χ4n) is 2.98. The van der Waals surface area contributed by atoms with E-state index in [0.29, 0.717) is 27.6 Å². The lowest BCUT2D eigenvalue weighted by Gasteiger charge is -2.10. The lowest BCUT2D eigenvalue weighted by molar-refractivity contribution is -0.124. The molecule has 0 unspecified atom stereocenters. The molecular formula is C26H23ClN4O3. The minimum absolute atomic E-state index is 0.00481. The third kappa shape index (κ3) is 7.19. The summed E-state index contributed by atoms with van der Waals surface area (Å²) in [4.78, 5) is 24.1. The Balaban J connectivity index is 1.49. The Morgan fingerprint density at radius 3 is 2.59 bits per heavy atom. The minimum atomic E-state index is -0.394. The van der Waals surface area contributed by atoms with Crippen LogP contribution in [0.5, 0.6) is 5.75 Å². The van der Waals surface area contributed by atoms with Crippen LogP contribution < -0.4 is 15.5 Å². The number of carbonyl (C=O) groups excluding carboxylic acids is 2. The quantitative estimate of drug-likeness (QED) is 0.337. The Hall–Kier alpha value is -4.15. The topological polar surface area (TPSA) is 104 Å². The number of nitrogens with one attached hydrogen (secondary N) is 2. The number of amides is 2. The molecule has 0 fully saturated rings. The number of aryl methyl sites for hydroxylation is 1. The van der Waals surface area contributed by atoms with Crippen molar-refractivity contribution in [3.05, 3.63) is 94.0 Å². The fraction of sp³-hybridized carbons (Fsp3) is 0.154. The summed E-state index contributed by atoms with van der Waals surface area (Å²) in [5.41, 5.74) is 5.89. The molecule has 0 aliphatic rings. The van der Waals surface area contributed by atoms with Crippen LogP contribution in [0.3, 0.4) is 0 Å². The molecule has 8 heteroatoms. The van der Waals surface area contributed by atoms with Gasteiger partial charge in [-0.25, -0.2) is 5.43 Å². The molecule has 34 heavy (non-hydrogen) atoms. The van der Waals surface area contributed by atoms with Crippen molar-refractivity contribution in [1.29, 1.82) is 5.26 Å². The fourth-order valence-corrected chi connectivity index (χ4v) is 3.16. The number of rotatable bonds is 9. The van der Waals surface area contributed by atoms with Crippen LogP contribution in [-0.4, -0.2) is 18.0 Å². The van der Waals surface area contributed by atoms with Gasteiger partial charge in [-0.3, -0.25) is 9.59 Å². The molecule has 3 aromatic carbocycles. The molecule has 172 valence electrons. The molecule has 0 saturated heterocycles. The van der Waals surface area contributed by atoms with Crippen molar-refractivity contribution in [3.8, 4) is 11.8 Å². The van der Waals surface area contributed by atoms with E-state index in [4.69, 9.17) is 16.3 Å². The highest BCUT2D eigenvalue weighted by molar-refractivity contribution is 6.31. The van der Waals surface area contributed by atoms with Gasteiger partial charge in [0.15, 0.2) is 0 Å². The summed E-state index contributed by atoms with van der Waals surface area (Å²) in [6.45, 7) is 2.10. The zero-order chi connectivity index (χ0) is 24.3. The van der Waals surface area contributed by atoms with Crippen LogP contribution in [0.2, 0.25) is 5.02 Å². The largest absolute Gasteiger partial charge is 0.488 e. The maximum absolute atomic E-state index is 12.1. The van der Waals surface area contributed by atoms with E-state index in [0.717, 1.165) is 11.1 Å². The summed E-state index contributed by atoms with van der Waals surface area (Å²) in [6.07, 6.45) is 1.45. The number of hydrogen-bond acceptors (Lipinski definition) is 5. The van der Waals surface area contributed by atoms with Crippen molar-refractivity contribution < 1.29 is 14.3 Å². The van der Waals surface area contributed by atoms with Gasteiger partial charge in [0.2, 0.25) is 11.8 Å². The minimum Gasteiger partial charge on any atom is -0.488 e. The average Bonchev–Trinajstić information content (AvgIpc) is 2.84. The summed E-state index contributed by atoms with van der Waals surface area (Å²) in [5, 5.41) is 16.5. The van der Waals surface area contributed by atoms with Crippen molar-refractivity contribution in [2.24, 2.45) is 5.10 Å². The van der Waals surface area contributed by atoms with E-state index < -0.39 is 5.91 Å². The molecule has 3 aromatic rings. The van der Waals surface area contributed by atoms with Crippen LogP contribution in [0, 0.1) is 18.3 Å². The first kappa shape index (κ1) is 24.5. The number of nitrogens with zero attached hydrogens (tertiary/aromatic N) is 2. The van der Waals surface area contributed by atoms with Crippen LogP contribution in [0.4, 0.5) is 5.69 Å². The van der Waals surface area contributed by atoms with Crippen molar-refractivity contribution >= 4 is 35.3 Å². The third-order valence-electron chi connectivity index (χ3n) is 4.87.